The van der Waals surface area contributed by atoms with Crippen LogP contribution in [0.15, 0.2) is 0 Å². The van der Waals surface area contributed by atoms with Crippen LogP contribution in [0.2, 0.25) is 0 Å². The molecule has 1 rings (SSSR count). The van der Waals surface area contributed by atoms with E-state index in [0.29, 0.717) is 26.1 Å². The molecule has 1 aliphatic heterocycles. The summed E-state index contributed by atoms with van der Waals surface area (Å²) in [6.07, 6.45) is 1.40. The number of nitrogens with one attached hydrogen (secondary N) is 1. The number of urea groups is 1. The lowest BCUT2D eigenvalue weighted by atomic mass is 10.2. The maximum Gasteiger partial charge on any atom is 0.317 e. The molecular weight excluding hydrogens is 236 g/mol. The molecule has 0 bridgehead atoms. The SMILES string of the molecule is CC(CCC(=O)O)NC(=O)N1CCCOC(C)C1. The highest BCUT2D eigenvalue weighted by molar-refractivity contribution is 5.74. The Morgan fingerprint density at radius 3 is 2.94 bits per heavy atom. The van der Waals surface area contributed by atoms with Gasteiger partial charge < -0.3 is 20.1 Å². The summed E-state index contributed by atoms with van der Waals surface area (Å²) < 4.78 is 5.47. The number of carboxylic acids is 1. The van der Waals surface area contributed by atoms with Crippen LogP contribution in [-0.4, -0.2) is 53.8 Å². The Bertz CT molecular complexity index is 296. The maximum atomic E-state index is 12.0. The van der Waals surface area contributed by atoms with Gasteiger partial charge >= 0.3 is 12.0 Å². The van der Waals surface area contributed by atoms with Gasteiger partial charge in [0.05, 0.1) is 6.10 Å². The summed E-state index contributed by atoms with van der Waals surface area (Å²) in [5.74, 6) is -0.840. The summed E-state index contributed by atoms with van der Waals surface area (Å²) in [6, 6.07) is -0.265. The molecule has 2 amide bonds. The van der Waals surface area contributed by atoms with Crippen LogP contribution in [0.25, 0.3) is 0 Å². The Morgan fingerprint density at radius 1 is 1.56 bits per heavy atom. The molecule has 0 spiro atoms. The summed E-state index contributed by atoms with van der Waals surface area (Å²) in [7, 11) is 0. The summed E-state index contributed by atoms with van der Waals surface area (Å²) in [5, 5.41) is 11.4. The van der Waals surface area contributed by atoms with E-state index in [1.54, 1.807) is 4.90 Å². The van der Waals surface area contributed by atoms with Crippen LogP contribution in [0.4, 0.5) is 4.79 Å². The summed E-state index contributed by atoms with van der Waals surface area (Å²) in [6.45, 7) is 5.71. The number of hydrogen-bond donors (Lipinski definition) is 2. The Kier molecular flexibility index (Phi) is 5.91. The van der Waals surface area contributed by atoms with Crippen LogP contribution in [0.1, 0.15) is 33.1 Å². The average Bonchev–Trinajstić information content (AvgIpc) is 2.51. The lowest BCUT2D eigenvalue weighted by Gasteiger charge is -2.24. The van der Waals surface area contributed by atoms with Gasteiger partial charge in [0, 0.05) is 32.2 Å². The molecule has 1 saturated heterocycles. The van der Waals surface area contributed by atoms with E-state index in [9.17, 15) is 9.59 Å². The normalized spacial score (nSPS) is 22.1. The van der Waals surface area contributed by atoms with Gasteiger partial charge in [-0.15, -0.1) is 0 Å². The fraction of sp³-hybridized carbons (Fsp3) is 0.833. The van der Waals surface area contributed by atoms with Gasteiger partial charge in [0.2, 0.25) is 0 Å². The molecule has 0 saturated carbocycles. The number of hydrogen-bond acceptors (Lipinski definition) is 3. The first kappa shape index (κ1) is 14.8. The van der Waals surface area contributed by atoms with E-state index in [2.05, 4.69) is 5.32 Å². The smallest absolute Gasteiger partial charge is 0.317 e. The molecule has 2 unspecified atom stereocenters. The van der Waals surface area contributed by atoms with Crippen molar-refractivity contribution in [2.45, 2.75) is 45.3 Å². The molecule has 2 atom stereocenters. The van der Waals surface area contributed by atoms with E-state index in [1.165, 1.54) is 0 Å². The fourth-order valence-electron chi connectivity index (χ4n) is 1.89. The molecule has 1 heterocycles. The highest BCUT2D eigenvalue weighted by Crippen LogP contribution is 2.06. The van der Waals surface area contributed by atoms with Crippen molar-refractivity contribution in [2.75, 3.05) is 19.7 Å². The molecule has 18 heavy (non-hydrogen) atoms. The second-order valence-corrected chi connectivity index (χ2v) is 4.76. The number of aliphatic carboxylic acids is 1. The second-order valence-electron chi connectivity index (χ2n) is 4.76. The molecule has 1 fully saturated rings. The predicted molar refractivity (Wildman–Crippen MR) is 66.5 cm³/mol. The molecule has 0 aromatic heterocycles. The van der Waals surface area contributed by atoms with Crippen LogP contribution in [0, 0.1) is 0 Å². The average molecular weight is 258 g/mol. The van der Waals surface area contributed by atoms with Crippen molar-refractivity contribution < 1.29 is 19.4 Å². The highest BCUT2D eigenvalue weighted by atomic mass is 16.5. The van der Waals surface area contributed by atoms with Crippen molar-refractivity contribution >= 4 is 12.0 Å². The number of carbonyl (C=O) groups is 2. The van der Waals surface area contributed by atoms with Gasteiger partial charge in [0.1, 0.15) is 0 Å². The lowest BCUT2D eigenvalue weighted by molar-refractivity contribution is -0.137. The number of ether oxygens (including phenoxy) is 1. The van der Waals surface area contributed by atoms with E-state index in [4.69, 9.17) is 9.84 Å². The highest BCUT2D eigenvalue weighted by Gasteiger charge is 2.20. The number of amides is 2. The minimum Gasteiger partial charge on any atom is -0.481 e. The van der Waals surface area contributed by atoms with Crippen LogP contribution in [0.5, 0.6) is 0 Å². The molecule has 0 aromatic rings. The van der Waals surface area contributed by atoms with E-state index in [0.717, 1.165) is 6.42 Å². The van der Waals surface area contributed by atoms with Crippen LogP contribution < -0.4 is 5.32 Å². The number of carboxylic acid groups (broad SMARTS) is 1. The van der Waals surface area contributed by atoms with Gasteiger partial charge in [-0.2, -0.15) is 0 Å². The zero-order chi connectivity index (χ0) is 13.5. The standard InChI is InChI=1S/C12H22N2O4/c1-9(4-5-11(15)16)13-12(17)14-6-3-7-18-10(2)8-14/h9-10H,3-8H2,1-2H3,(H,13,17)(H,15,16). The number of rotatable bonds is 4. The monoisotopic (exact) mass is 258 g/mol. The summed E-state index contributed by atoms with van der Waals surface area (Å²) >= 11 is 0. The van der Waals surface area contributed by atoms with Gasteiger partial charge in [-0.1, -0.05) is 0 Å². The molecular formula is C12H22N2O4. The van der Waals surface area contributed by atoms with Crippen molar-refractivity contribution in [2.24, 2.45) is 0 Å². The Hall–Kier alpha value is -1.30. The van der Waals surface area contributed by atoms with Gasteiger partial charge in [0.25, 0.3) is 0 Å². The first-order chi connectivity index (χ1) is 8.49. The van der Waals surface area contributed by atoms with Gasteiger partial charge in [0.15, 0.2) is 0 Å². The van der Waals surface area contributed by atoms with Crippen molar-refractivity contribution in [1.82, 2.24) is 10.2 Å². The van der Waals surface area contributed by atoms with Crippen LogP contribution in [-0.2, 0) is 9.53 Å². The molecule has 0 aliphatic carbocycles. The summed E-state index contributed by atoms with van der Waals surface area (Å²) in [5.41, 5.74) is 0. The first-order valence-electron chi connectivity index (χ1n) is 6.38. The molecule has 0 radical (unpaired) electrons. The topological polar surface area (TPSA) is 78.9 Å². The first-order valence-corrected chi connectivity index (χ1v) is 6.38. The number of nitrogens with zero attached hydrogens (tertiary/aromatic N) is 1. The molecule has 6 heteroatoms. The molecule has 104 valence electrons. The predicted octanol–water partition coefficient (Wildman–Crippen LogP) is 1.06. The van der Waals surface area contributed by atoms with Crippen molar-refractivity contribution in [3.05, 3.63) is 0 Å². The molecule has 6 nitrogen and oxygen atoms in total. The third kappa shape index (κ3) is 5.35. The van der Waals surface area contributed by atoms with E-state index in [-0.39, 0.29) is 24.6 Å². The summed E-state index contributed by atoms with van der Waals surface area (Å²) in [4.78, 5) is 24.1. The molecule has 2 N–H and O–H groups in total. The maximum absolute atomic E-state index is 12.0. The second kappa shape index (κ2) is 7.20. The largest absolute Gasteiger partial charge is 0.481 e. The van der Waals surface area contributed by atoms with Crippen LogP contribution >= 0.6 is 0 Å². The Balaban J connectivity index is 2.36. The third-order valence-corrected chi connectivity index (χ3v) is 2.90. The fourth-order valence-corrected chi connectivity index (χ4v) is 1.89. The minimum atomic E-state index is -0.840. The minimum absolute atomic E-state index is 0.0487. The van der Waals surface area contributed by atoms with Crippen molar-refractivity contribution in [1.29, 1.82) is 0 Å². The molecule has 1 aliphatic rings. The molecule has 0 aromatic carbocycles. The third-order valence-electron chi connectivity index (χ3n) is 2.90. The lowest BCUT2D eigenvalue weighted by Crippen LogP contribution is -2.46. The van der Waals surface area contributed by atoms with Crippen molar-refractivity contribution in [3.63, 3.8) is 0 Å². The van der Waals surface area contributed by atoms with Crippen molar-refractivity contribution in [3.8, 4) is 0 Å². The van der Waals surface area contributed by atoms with E-state index >= 15 is 0 Å². The zero-order valence-corrected chi connectivity index (χ0v) is 11.0. The van der Waals surface area contributed by atoms with Gasteiger partial charge in [-0.3, -0.25) is 4.79 Å². The zero-order valence-electron chi connectivity index (χ0n) is 11.0. The Labute approximate surface area is 107 Å². The van der Waals surface area contributed by atoms with Gasteiger partial charge in [-0.25, -0.2) is 4.79 Å². The van der Waals surface area contributed by atoms with E-state index in [1.807, 2.05) is 13.8 Å². The van der Waals surface area contributed by atoms with Gasteiger partial charge in [-0.05, 0) is 26.7 Å². The Morgan fingerprint density at radius 2 is 2.28 bits per heavy atom. The quantitative estimate of drug-likeness (QED) is 0.790. The van der Waals surface area contributed by atoms with Crippen LogP contribution in [0.3, 0.4) is 0 Å². The van der Waals surface area contributed by atoms with E-state index < -0.39 is 5.97 Å². The number of carbonyl (C=O) groups excluding carboxylic acids is 1.